The van der Waals surface area contributed by atoms with E-state index >= 15 is 0 Å². The van der Waals surface area contributed by atoms with E-state index in [1.165, 1.54) is 0 Å². The monoisotopic (exact) mass is 289 g/mol. The van der Waals surface area contributed by atoms with E-state index < -0.39 is 0 Å². The molecule has 5 nitrogen and oxygen atoms in total. The van der Waals surface area contributed by atoms with Crippen LogP contribution >= 0.6 is 0 Å². The highest BCUT2D eigenvalue weighted by molar-refractivity contribution is 5.79. The van der Waals surface area contributed by atoms with Crippen molar-refractivity contribution in [1.82, 2.24) is 15.6 Å². The average molecular weight is 289 g/mol. The molecule has 0 unspecified atom stereocenters. The zero-order chi connectivity index (χ0) is 15.5. The van der Waals surface area contributed by atoms with Gasteiger partial charge in [-0.1, -0.05) is 12.1 Å². The number of rotatable bonds is 8. The summed E-state index contributed by atoms with van der Waals surface area (Å²) in [5, 5.41) is 6.38. The second kappa shape index (κ2) is 9.80. The van der Waals surface area contributed by atoms with E-state index in [-0.39, 0.29) is 0 Å². The van der Waals surface area contributed by atoms with Crippen LogP contribution in [0.1, 0.15) is 26.3 Å². The molecule has 1 heterocycles. The highest BCUT2D eigenvalue weighted by Gasteiger charge is 2.03. The van der Waals surface area contributed by atoms with Gasteiger partial charge in [0.05, 0.1) is 6.54 Å². The summed E-state index contributed by atoms with van der Waals surface area (Å²) in [6, 6.07) is 4.14. The predicted molar refractivity (Wildman–Crippen MR) is 90.8 cm³/mol. The Labute approximate surface area is 128 Å². The largest absolute Gasteiger partial charge is 0.357 e. The lowest BCUT2D eigenvalue weighted by atomic mass is 10.3. The van der Waals surface area contributed by atoms with Crippen molar-refractivity contribution in [3.05, 3.63) is 36.5 Å². The SMILES string of the molecule is C=CCNC(=NCc1ccc(N(CC)CC)nc1)NCC. The van der Waals surface area contributed by atoms with Gasteiger partial charge in [0, 0.05) is 32.4 Å². The van der Waals surface area contributed by atoms with Crippen LogP contribution < -0.4 is 15.5 Å². The molecule has 0 saturated heterocycles. The van der Waals surface area contributed by atoms with Gasteiger partial charge in [-0.15, -0.1) is 6.58 Å². The molecule has 1 aromatic rings. The Hall–Kier alpha value is -2.04. The number of pyridine rings is 1. The Balaban J connectivity index is 2.66. The molecular weight excluding hydrogens is 262 g/mol. The van der Waals surface area contributed by atoms with Gasteiger partial charge in [-0.2, -0.15) is 0 Å². The van der Waals surface area contributed by atoms with Crippen LogP contribution in [0.3, 0.4) is 0 Å². The number of aromatic nitrogens is 1. The molecule has 0 saturated carbocycles. The highest BCUT2D eigenvalue weighted by Crippen LogP contribution is 2.11. The summed E-state index contributed by atoms with van der Waals surface area (Å²) in [5.41, 5.74) is 1.10. The summed E-state index contributed by atoms with van der Waals surface area (Å²) in [6.45, 7) is 14.1. The third kappa shape index (κ3) is 5.85. The Bertz CT molecular complexity index is 434. The van der Waals surface area contributed by atoms with Crippen molar-refractivity contribution in [3.8, 4) is 0 Å². The van der Waals surface area contributed by atoms with Crippen LogP contribution in [-0.4, -0.2) is 37.1 Å². The summed E-state index contributed by atoms with van der Waals surface area (Å²) in [4.78, 5) is 11.3. The van der Waals surface area contributed by atoms with Gasteiger partial charge >= 0.3 is 0 Å². The number of nitrogens with zero attached hydrogens (tertiary/aromatic N) is 3. The molecular formula is C16H27N5. The van der Waals surface area contributed by atoms with Crippen LogP contribution in [0.4, 0.5) is 5.82 Å². The van der Waals surface area contributed by atoms with Crippen molar-refractivity contribution in [1.29, 1.82) is 0 Å². The van der Waals surface area contributed by atoms with E-state index in [0.717, 1.165) is 37.0 Å². The lowest BCUT2D eigenvalue weighted by Crippen LogP contribution is -2.37. The third-order valence-corrected chi connectivity index (χ3v) is 3.07. The molecule has 0 aromatic carbocycles. The van der Waals surface area contributed by atoms with Gasteiger partial charge in [-0.3, -0.25) is 0 Å². The summed E-state index contributed by atoms with van der Waals surface area (Å²) < 4.78 is 0. The van der Waals surface area contributed by atoms with Crippen LogP contribution in [-0.2, 0) is 6.54 Å². The Morgan fingerprint density at radius 2 is 2.05 bits per heavy atom. The van der Waals surface area contributed by atoms with Crippen molar-refractivity contribution in [2.75, 3.05) is 31.1 Å². The number of guanidine groups is 1. The number of hydrogen-bond acceptors (Lipinski definition) is 3. The van der Waals surface area contributed by atoms with Gasteiger partial charge < -0.3 is 15.5 Å². The molecule has 0 aliphatic heterocycles. The number of nitrogens with one attached hydrogen (secondary N) is 2. The van der Waals surface area contributed by atoms with Gasteiger partial charge in [-0.05, 0) is 32.4 Å². The third-order valence-electron chi connectivity index (χ3n) is 3.07. The number of anilines is 1. The van der Waals surface area contributed by atoms with Gasteiger partial charge in [0.15, 0.2) is 5.96 Å². The Morgan fingerprint density at radius 3 is 2.57 bits per heavy atom. The molecule has 2 N–H and O–H groups in total. The van der Waals surface area contributed by atoms with Crippen LogP contribution in [0.15, 0.2) is 36.0 Å². The summed E-state index contributed by atoms with van der Waals surface area (Å²) >= 11 is 0. The molecule has 0 radical (unpaired) electrons. The first-order chi connectivity index (χ1) is 10.2. The standard InChI is InChI=1S/C16H27N5/c1-5-11-18-16(17-6-2)20-13-14-9-10-15(19-12-14)21(7-3)8-4/h5,9-10,12H,1,6-8,11,13H2,2-4H3,(H2,17,18,20). The summed E-state index contributed by atoms with van der Waals surface area (Å²) in [6.07, 6.45) is 3.71. The maximum absolute atomic E-state index is 4.53. The van der Waals surface area contributed by atoms with Crippen LogP contribution in [0.25, 0.3) is 0 Å². The fourth-order valence-corrected chi connectivity index (χ4v) is 1.93. The van der Waals surface area contributed by atoms with Crippen molar-refractivity contribution < 1.29 is 0 Å². The van der Waals surface area contributed by atoms with Gasteiger partial charge in [0.25, 0.3) is 0 Å². The fraction of sp³-hybridized carbons (Fsp3) is 0.500. The first-order valence-corrected chi connectivity index (χ1v) is 7.58. The predicted octanol–water partition coefficient (Wildman–Crippen LogP) is 2.17. The lowest BCUT2D eigenvalue weighted by molar-refractivity contribution is 0.840. The molecule has 0 amide bonds. The van der Waals surface area contributed by atoms with E-state index in [1.807, 2.05) is 19.2 Å². The quantitative estimate of drug-likeness (QED) is 0.437. The second-order valence-electron chi connectivity index (χ2n) is 4.56. The summed E-state index contributed by atoms with van der Waals surface area (Å²) in [5.74, 6) is 1.81. The molecule has 0 aliphatic rings. The minimum absolute atomic E-state index is 0.609. The fourth-order valence-electron chi connectivity index (χ4n) is 1.93. The van der Waals surface area contributed by atoms with E-state index in [9.17, 15) is 0 Å². The second-order valence-corrected chi connectivity index (χ2v) is 4.56. The lowest BCUT2D eigenvalue weighted by Gasteiger charge is -2.19. The smallest absolute Gasteiger partial charge is 0.191 e. The zero-order valence-corrected chi connectivity index (χ0v) is 13.4. The Kier molecular flexibility index (Phi) is 7.94. The molecule has 0 fully saturated rings. The molecule has 116 valence electrons. The van der Waals surface area contributed by atoms with Crippen molar-refractivity contribution >= 4 is 11.8 Å². The van der Waals surface area contributed by atoms with Crippen LogP contribution in [0.5, 0.6) is 0 Å². The molecule has 1 aromatic heterocycles. The molecule has 1 rings (SSSR count). The van der Waals surface area contributed by atoms with Gasteiger partial charge in [0.1, 0.15) is 5.82 Å². The first-order valence-electron chi connectivity index (χ1n) is 7.58. The molecule has 0 bridgehead atoms. The zero-order valence-electron chi connectivity index (χ0n) is 13.4. The maximum Gasteiger partial charge on any atom is 0.191 e. The highest BCUT2D eigenvalue weighted by atomic mass is 15.2. The van der Waals surface area contributed by atoms with Crippen LogP contribution in [0.2, 0.25) is 0 Å². The Morgan fingerprint density at radius 1 is 1.29 bits per heavy atom. The van der Waals surface area contributed by atoms with Gasteiger partial charge in [-0.25, -0.2) is 9.98 Å². The molecule has 5 heteroatoms. The van der Waals surface area contributed by atoms with Crippen molar-refractivity contribution in [2.24, 2.45) is 4.99 Å². The van der Waals surface area contributed by atoms with Gasteiger partial charge in [0.2, 0.25) is 0 Å². The minimum atomic E-state index is 0.609. The maximum atomic E-state index is 4.53. The first kappa shape index (κ1) is 17.0. The van der Waals surface area contributed by atoms with E-state index in [2.05, 4.69) is 58.1 Å². The molecule has 0 aliphatic carbocycles. The molecule has 0 spiro atoms. The summed E-state index contributed by atoms with van der Waals surface area (Å²) in [7, 11) is 0. The molecule has 21 heavy (non-hydrogen) atoms. The van der Waals surface area contributed by atoms with Crippen molar-refractivity contribution in [2.45, 2.75) is 27.3 Å². The topological polar surface area (TPSA) is 52.6 Å². The minimum Gasteiger partial charge on any atom is -0.357 e. The van der Waals surface area contributed by atoms with Crippen LogP contribution in [0, 0.1) is 0 Å². The van der Waals surface area contributed by atoms with E-state index in [4.69, 9.17) is 0 Å². The number of aliphatic imine (C=N–C) groups is 1. The normalized spacial score (nSPS) is 11.1. The average Bonchev–Trinajstić information content (AvgIpc) is 2.52. The number of hydrogen-bond donors (Lipinski definition) is 2. The van der Waals surface area contributed by atoms with E-state index in [1.54, 1.807) is 0 Å². The van der Waals surface area contributed by atoms with Crippen molar-refractivity contribution in [3.63, 3.8) is 0 Å². The molecule has 0 atom stereocenters. The van der Waals surface area contributed by atoms with E-state index in [0.29, 0.717) is 13.1 Å².